The Kier molecular flexibility index (Phi) is 7.45. The van der Waals surface area contributed by atoms with Gasteiger partial charge in [-0.25, -0.2) is 9.78 Å². The summed E-state index contributed by atoms with van der Waals surface area (Å²) >= 11 is 6.38. The van der Waals surface area contributed by atoms with Gasteiger partial charge < -0.3 is 19.7 Å². The van der Waals surface area contributed by atoms with Gasteiger partial charge in [-0.1, -0.05) is 60.1 Å². The van der Waals surface area contributed by atoms with Gasteiger partial charge >= 0.3 is 5.97 Å². The Morgan fingerprint density at radius 3 is 2.38 bits per heavy atom. The van der Waals surface area contributed by atoms with E-state index in [9.17, 15) is 14.7 Å². The van der Waals surface area contributed by atoms with Crippen LogP contribution in [0.25, 0.3) is 33.5 Å². The molecule has 0 spiro atoms. The predicted molar refractivity (Wildman–Crippen MR) is 152 cm³/mol. The number of nitrogens with one attached hydrogen (secondary N) is 1. The van der Waals surface area contributed by atoms with Crippen molar-refractivity contribution in [1.82, 2.24) is 14.9 Å². The number of carbonyl (C=O) groups is 2. The Bertz CT molecular complexity index is 1680. The molecule has 0 saturated carbocycles. The van der Waals surface area contributed by atoms with E-state index in [4.69, 9.17) is 21.3 Å². The lowest BCUT2D eigenvalue weighted by molar-refractivity contribution is 0.0697. The number of nitrogens with zero attached hydrogens (tertiary/aromatic N) is 2. The highest BCUT2D eigenvalue weighted by molar-refractivity contribution is 6.31. The molecule has 0 radical (unpaired) electrons. The van der Waals surface area contributed by atoms with E-state index in [1.807, 2.05) is 72.3 Å². The number of imidazole rings is 1. The Morgan fingerprint density at radius 2 is 1.67 bits per heavy atom. The number of aromatic nitrogens is 2. The lowest BCUT2D eigenvalue weighted by Gasteiger charge is -2.19. The number of para-hydroxylation sites is 2. The van der Waals surface area contributed by atoms with Crippen LogP contribution in [0, 0.1) is 0 Å². The zero-order chi connectivity index (χ0) is 27.5. The fraction of sp³-hybridized carbons (Fsp3) is 0.129. The van der Waals surface area contributed by atoms with E-state index in [1.165, 1.54) is 6.07 Å². The smallest absolute Gasteiger partial charge is 0.336 e. The number of hydrogen-bond donors (Lipinski definition) is 2. The highest BCUT2D eigenvalue weighted by Crippen LogP contribution is 2.37. The van der Waals surface area contributed by atoms with Crippen LogP contribution in [0.15, 0.2) is 91.0 Å². The van der Waals surface area contributed by atoms with Crippen LogP contribution in [0.3, 0.4) is 0 Å². The molecule has 0 unspecified atom stereocenters. The van der Waals surface area contributed by atoms with Crippen LogP contribution in [-0.4, -0.2) is 40.3 Å². The van der Waals surface area contributed by atoms with Crippen molar-refractivity contribution in [2.75, 3.05) is 13.7 Å². The molecule has 1 amide bonds. The Labute approximate surface area is 230 Å². The summed E-state index contributed by atoms with van der Waals surface area (Å²) in [6, 6.07) is 26.8. The Hall–Kier alpha value is -4.46. The van der Waals surface area contributed by atoms with Crippen LogP contribution in [0.5, 0.6) is 0 Å². The first-order valence-corrected chi connectivity index (χ1v) is 12.7. The summed E-state index contributed by atoms with van der Waals surface area (Å²) in [5.74, 6) is -0.894. The van der Waals surface area contributed by atoms with Gasteiger partial charge in [-0.05, 0) is 59.2 Å². The number of hydrogen-bond acceptors (Lipinski definition) is 4. The van der Waals surface area contributed by atoms with Crippen LogP contribution >= 0.6 is 11.6 Å². The second-order valence-corrected chi connectivity index (χ2v) is 9.57. The van der Waals surface area contributed by atoms with Gasteiger partial charge in [0.15, 0.2) is 0 Å². The van der Waals surface area contributed by atoms with E-state index in [2.05, 4.69) is 5.32 Å². The molecular weight excluding hydrogens is 514 g/mol. The van der Waals surface area contributed by atoms with E-state index in [0.717, 1.165) is 22.2 Å². The number of rotatable bonds is 8. The number of aromatic carboxylic acids is 1. The lowest BCUT2D eigenvalue weighted by atomic mass is 9.93. The minimum absolute atomic E-state index is 0.0204. The molecule has 0 aliphatic rings. The minimum Gasteiger partial charge on any atom is -0.478 e. The van der Waals surface area contributed by atoms with Crippen LogP contribution < -0.4 is 5.32 Å². The fourth-order valence-electron chi connectivity index (χ4n) is 4.73. The Balaban J connectivity index is 1.56. The number of amides is 1. The van der Waals surface area contributed by atoms with Gasteiger partial charge in [-0.2, -0.15) is 0 Å². The van der Waals surface area contributed by atoms with Crippen molar-refractivity contribution in [1.29, 1.82) is 0 Å². The van der Waals surface area contributed by atoms with Gasteiger partial charge in [0, 0.05) is 30.3 Å². The maximum absolute atomic E-state index is 13.2. The number of aryl methyl sites for hydroxylation is 1. The van der Waals surface area contributed by atoms with Gasteiger partial charge in [-0.3, -0.25) is 4.79 Å². The van der Waals surface area contributed by atoms with Crippen LogP contribution in [-0.2, 0) is 11.8 Å². The molecule has 7 nitrogen and oxygen atoms in total. The molecule has 1 aromatic heterocycles. The average molecular weight is 540 g/mol. The van der Waals surface area contributed by atoms with Gasteiger partial charge in [0.25, 0.3) is 5.91 Å². The van der Waals surface area contributed by atoms with Crippen molar-refractivity contribution in [3.8, 4) is 22.5 Å². The molecule has 4 aromatic carbocycles. The number of benzene rings is 4. The molecule has 1 heterocycles. The van der Waals surface area contributed by atoms with E-state index in [1.54, 1.807) is 31.4 Å². The Morgan fingerprint density at radius 1 is 0.949 bits per heavy atom. The quantitative estimate of drug-likeness (QED) is 0.239. The standard InChI is InChI=1S/C31H26ClN3O4/c1-35-28-11-7-6-10-26(28)33-29(35)23-15-13-21(32)17-24(23)22-14-12-20(16-25(22)31(37)38)30(36)34-27(18-39-2)19-8-4-3-5-9-19/h3-17,27H,18H2,1-2H3,(H,34,36)(H,37,38)/t27-/m1/s1. The second kappa shape index (κ2) is 11.1. The van der Waals surface area contributed by atoms with Gasteiger partial charge in [0.1, 0.15) is 5.82 Å². The van der Waals surface area contributed by atoms with Crippen molar-refractivity contribution in [3.63, 3.8) is 0 Å². The average Bonchev–Trinajstić information content (AvgIpc) is 3.29. The van der Waals surface area contributed by atoms with Crippen LogP contribution in [0.2, 0.25) is 5.02 Å². The summed E-state index contributed by atoms with van der Waals surface area (Å²) in [7, 11) is 3.48. The number of fused-ring (bicyclic) bond motifs is 1. The first kappa shape index (κ1) is 26.2. The molecule has 0 saturated heterocycles. The molecule has 5 rings (SSSR count). The second-order valence-electron chi connectivity index (χ2n) is 9.13. The number of carboxylic acids is 1. The van der Waals surface area contributed by atoms with Crippen molar-refractivity contribution >= 4 is 34.5 Å². The maximum atomic E-state index is 13.2. The largest absolute Gasteiger partial charge is 0.478 e. The highest BCUT2D eigenvalue weighted by Gasteiger charge is 2.22. The van der Waals surface area contributed by atoms with E-state index < -0.39 is 17.9 Å². The fourth-order valence-corrected chi connectivity index (χ4v) is 4.90. The first-order chi connectivity index (χ1) is 18.9. The van der Waals surface area contributed by atoms with Gasteiger partial charge in [0.2, 0.25) is 0 Å². The molecule has 0 bridgehead atoms. The number of carboxylic acid groups (broad SMARTS) is 1. The van der Waals surface area contributed by atoms with Crippen molar-refractivity contribution in [2.24, 2.45) is 7.05 Å². The van der Waals surface area contributed by atoms with E-state index >= 15 is 0 Å². The van der Waals surface area contributed by atoms with Crippen molar-refractivity contribution < 1.29 is 19.4 Å². The third-order valence-corrected chi connectivity index (χ3v) is 6.89. The molecular formula is C31H26ClN3O4. The zero-order valence-electron chi connectivity index (χ0n) is 21.4. The van der Waals surface area contributed by atoms with Crippen molar-refractivity contribution in [2.45, 2.75) is 6.04 Å². The van der Waals surface area contributed by atoms with Gasteiger partial charge in [-0.15, -0.1) is 0 Å². The summed E-state index contributed by atoms with van der Waals surface area (Å²) in [5.41, 5.74) is 4.61. The van der Waals surface area contributed by atoms with Crippen LogP contribution in [0.4, 0.5) is 0 Å². The predicted octanol–water partition coefficient (Wildman–Crippen LogP) is 6.38. The number of methoxy groups -OCH3 is 1. The highest BCUT2D eigenvalue weighted by atomic mass is 35.5. The molecule has 0 fully saturated rings. The molecule has 196 valence electrons. The first-order valence-electron chi connectivity index (χ1n) is 12.3. The number of carbonyl (C=O) groups excluding carboxylic acids is 1. The molecule has 8 heteroatoms. The normalized spacial score (nSPS) is 11.9. The summed E-state index contributed by atoms with van der Waals surface area (Å²) in [4.78, 5) is 30.5. The molecule has 2 N–H and O–H groups in total. The molecule has 1 atom stereocenters. The SMILES string of the molecule is COC[C@@H](NC(=O)c1ccc(-c2cc(Cl)ccc2-c2nc3ccccc3n2C)c(C(=O)O)c1)c1ccccc1. The summed E-state index contributed by atoms with van der Waals surface area (Å²) in [5, 5.41) is 13.6. The molecule has 5 aromatic rings. The lowest BCUT2D eigenvalue weighted by Crippen LogP contribution is -2.31. The summed E-state index contributed by atoms with van der Waals surface area (Å²) < 4.78 is 7.26. The summed E-state index contributed by atoms with van der Waals surface area (Å²) in [6.45, 7) is 0.267. The van der Waals surface area contributed by atoms with E-state index in [0.29, 0.717) is 22.0 Å². The van der Waals surface area contributed by atoms with Crippen LogP contribution in [0.1, 0.15) is 32.3 Å². The minimum atomic E-state index is -1.16. The monoisotopic (exact) mass is 539 g/mol. The van der Waals surface area contributed by atoms with E-state index in [-0.39, 0.29) is 17.7 Å². The van der Waals surface area contributed by atoms with Crippen molar-refractivity contribution in [3.05, 3.63) is 113 Å². The number of ether oxygens (including phenoxy) is 1. The van der Waals surface area contributed by atoms with Gasteiger partial charge in [0.05, 0.1) is 29.2 Å². The zero-order valence-corrected chi connectivity index (χ0v) is 22.1. The molecule has 0 aliphatic heterocycles. The third-order valence-electron chi connectivity index (χ3n) is 6.65. The molecule has 0 aliphatic carbocycles. The molecule has 39 heavy (non-hydrogen) atoms. The third kappa shape index (κ3) is 5.27. The summed E-state index contributed by atoms with van der Waals surface area (Å²) in [6.07, 6.45) is 0. The maximum Gasteiger partial charge on any atom is 0.336 e. The topological polar surface area (TPSA) is 93.5 Å². The number of halogens is 1.